The Morgan fingerprint density at radius 2 is 1.82 bits per heavy atom. The van der Waals surface area contributed by atoms with Crippen molar-refractivity contribution in [3.8, 4) is 0 Å². The normalized spacial score (nSPS) is 19.2. The van der Waals surface area contributed by atoms with E-state index >= 15 is 0 Å². The molecule has 1 aliphatic heterocycles. The van der Waals surface area contributed by atoms with Crippen molar-refractivity contribution >= 4 is 45.2 Å². The Morgan fingerprint density at radius 1 is 1.04 bits per heavy atom. The average molecular weight is 407 g/mol. The van der Waals surface area contributed by atoms with Gasteiger partial charge in [0.2, 0.25) is 0 Å². The third-order valence-electron chi connectivity index (χ3n) is 5.35. The van der Waals surface area contributed by atoms with E-state index in [0.29, 0.717) is 11.0 Å². The molecule has 2 aromatic carbocycles. The molecule has 5 rings (SSSR count). The second-order valence-electron chi connectivity index (χ2n) is 7.18. The maximum atomic E-state index is 13.1. The van der Waals surface area contributed by atoms with Gasteiger partial charge < -0.3 is 9.47 Å². The van der Waals surface area contributed by atoms with Crippen LogP contribution in [0.25, 0.3) is 10.6 Å². The molecule has 0 saturated carbocycles. The highest BCUT2D eigenvalue weighted by atomic mass is 32.2. The number of hydrogen-bond acceptors (Lipinski definition) is 5. The van der Waals surface area contributed by atoms with Crippen LogP contribution in [0.4, 0.5) is 5.69 Å². The maximum Gasteiger partial charge on any atom is 0.271 e. The minimum Gasteiger partial charge on any atom is -0.337 e. The lowest BCUT2D eigenvalue weighted by Gasteiger charge is -2.12. The van der Waals surface area contributed by atoms with Crippen molar-refractivity contribution in [1.29, 1.82) is 0 Å². The number of hydrogen-bond donors (Lipinski definition) is 0. The van der Waals surface area contributed by atoms with E-state index in [1.165, 1.54) is 16.9 Å². The van der Waals surface area contributed by atoms with Gasteiger partial charge in [0.15, 0.2) is 5.78 Å². The summed E-state index contributed by atoms with van der Waals surface area (Å²) in [5, 5.41) is 0.931. The van der Waals surface area contributed by atoms with Gasteiger partial charge in [0.1, 0.15) is 14.2 Å². The van der Waals surface area contributed by atoms with Crippen LogP contribution in [0.15, 0.2) is 52.2 Å². The number of fused-ring (bicyclic) bond motifs is 2. The van der Waals surface area contributed by atoms with Crippen LogP contribution < -0.4 is 19.7 Å². The number of ketones is 1. The summed E-state index contributed by atoms with van der Waals surface area (Å²) in [6, 6.07) is 14.0. The van der Waals surface area contributed by atoms with Crippen LogP contribution in [0.2, 0.25) is 0 Å². The number of anilines is 1. The molecule has 28 heavy (non-hydrogen) atoms. The van der Waals surface area contributed by atoms with Gasteiger partial charge in [-0.3, -0.25) is 9.59 Å². The number of rotatable bonds is 0. The summed E-state index contributed by atoms with van der Waals surface area (Å²) in [6.07, 6.45) is 0.583. The summed E-state index contributed by atoms with van der Waals surface area (Å²) in [5.41, 5.74) is 4.77. The van der Waals surface area contributed by atoms with Crippen molar-refractivity contribution in [2.24, 2.45) is 7.05 Å². The fourth-order valence-corrected chi connectivity index (χ4v) is 6.39. The Kier molecular flexibility index (Phi) is 3.89. The Balaban J connectivity index is 1.74. The number of benzene rings is 2. The second kappa shape index (κ2) is 6.22. The van der Waals surface area contributed by atoms with Crippen molar-refractivity contribution in [2.45, 2.75) is 18.2 Å². The van der Waals surface area contributed by atoms with Gasteiger partial charge in [-0.15, -0.1) is 11.3 Å². The standard InChI is InChI=1S/C22H18N2O2S2/c1-12-8-9-16-17(10-12)27-22(23(16)2)19-20(26)24(3)21(28-19)15-11-13-6-4-5-7-14(13)18(15)25/h4-10H,11H2,1-3H3/b21-15-,22-19+. The molecule has 0 saturated heterocycles. The van der Waals surface area contributed by atoms with Crippen molar-refractivity contribution in [3.05, 3.63) is 78.7 Å². The smallest absolute Gasteiger partial charge is 0.271 e. The van der Waals surface area contributed by atoms with Crippen LogP contribution in [0.1, 0.15) is 21.5 Å². The van der Waals surface area contributed by atoms with Gasteiger partial charge >= 0.3 is 0 Å². The summed E-state index contributed by atoms with van der Waals surface area (Å²) < 4.78 is 3.08. The highest BCUT2D eigenvalue weighted by molar-refractivity contribution is 8.08. The Hall–Kier alpha value is -2.57. The topological polar surface area (TPSA) is 42.3 Å². The van der Waals surface area contributed by atoms with Gasteiger partial charge in [-0.1, -0.05) is 42.1 Å². The minimum atomic E-state index is -0.0462. The molecule has 140 valence electrons. The van der Waals surface area contributed by atoms with E-state index in [0.717, 1.165) is 37.0 Å². The molecule has 0 spiro atoms. The predicted molar refractivity (Wildman–Crippen MR) is 116 cm³/mol. The molecule has 2 heterocycles. The van der Waals surface area contributed by atoms with Gasteiger partial charge in [-0.2, -0.15) is 0 Å². The zero-order chi connectivity index (χ0) is 19.6. The fraction of sp³-hybridized carbons (Fsp3) is 0.182. The van der Waals surface area contributed by atoms with E-state index in [4.69, 9.17) is 0 Å². The number of aryl methyl sites for hydroxylation is 1. The van der Waals surface area contributed by atoms with Crippen molar-refractivity contribution in [1.82, 2.24) is 4.57 Å². The van der Waals surface area contributed by atoms with E-state index in [1.807, 2.05) is 31.3 Å². The molecule has 0 unspecified atom stereocenters. The van der Waals surface area contributed by atoms with Crippen LogP contribution in [-0.2, 0) is 13.5 Å². The second-order valence-corrected chi connectivity index (χ2v) is 9.21. The number of carbonyl (C=O) groups excluding carboxylic acids is 1. The van der Waals surface area contributed by atoms with Gasteiger partial charge in [-0.05, 0) is 30.2 Å². The van der Waals surface area contributed by atoms with Gasteiger partial charge in [0, 0.05) is 36.5 Å². The van der Waals surface area contributed by atoms with E-state index < -0.39 is 0 Å². The summed E-state index contributed by atoms with van der Waals surface area (Å²) in [6.45, 7) is 2.07. The Bertz CT molecular complexity index is 1350. The molecule has 1 aliphatic carbocycles. The van der Waals surface area contributed by atoms with Gasteiger partial charge in [-0.25, -0.2) is 0 Å². The largest absolute Gasteiger partial charge is 0.337 e. The molecule has 3 aromatic rings. The van der Waals surface area contributed by atoms with E-state index in [1.54, 1.807) is 23.4 Å². The van der Waals surface area contributed by atoms with E-state index in [-0.39, 0.29) is 11.3 Å². The first-order valence-electron chi connectivity index (χ1n) is 9.04. The first kappa shape index (κ1) is 17.5. The highest BCUT2D eigenvalue weighted by Crippen LogP contribution is 2.45. The quantitative estimate of drug-likeness (QED) is 0.576. The molecule has 6 heteroatoms. The van der Waals surface area contributed by atoms with Crippen molar-refractivity contribution in [2.75, 3.05) is 11.9 Å². The summed E-state index contributed by atoms with van der Waals surface area (Å²) >= 11 is 3.05. The first-order chi connectivity index (χ1) is 13.5. The molecule has 0 amide bonds. The molecule has 0 N–H and O–H groups in total. The number of Topliss-reactive ketones (excluding diaryl/α,β-unsaturated/α-hetero) is 1. The third kappa shape index (κ3) is 2.45. The molecular formula is C22H18N2O2S2. The number of thiazole rings is 1. The Morgan fingerprint density at radius 3 is 2.61 bits per heavy atom. The highest BCUT2D eigenvalue weighted by Gasteiger charge is 2.28. The van der Waals surface area contributed by atoms with Crippen LogP contribution in [0, 0.1) is 6.92 Å². The SMILES string of the molecule is Cc1ccc2c(c1)S/C(=c1/s/c(=C3/Cc4ccccc4C3=O)n(C)c1=O)N2C. The van der Waals surface area contributed by atoms with E-state index in [2.05, 4.69) is 30.0 Å². The molecule has 0 atom stereocenters. The first-order valence-corrected chi connectivity index (χ1v) is 10.7. The lowest BCUT2D eigenvalue weighted by atomic mass is 10.1. The summed E-state index contributed by atoms with van der Waals surface area (Å²) in [4.78, 5) is 29.2. The molecule has 1 aromatic heterocycles. The van der Waals surface area contributed by atoms with Crippen LogP contribution >= 0.6 is 23.1 Å². The number of aromatic nitrogens is 1. The van der Waals surface area contributed by atoms with Crippen LogP contribution in [0.5, 0.6) is 0 Å². The molecule has 2 aliphatic rings. The Labute approximate surface area is 170 Å². The maximum absolute atomic E-state index is 13.1. The monoisotopic (exact) mass is 406 g/mol. The molecular weight excluding hydrogens is 388 g/mol. The average Bonchev–Trinajstić information content (AvgIpc) is 3.29. The van der Waals surface area contributed by atoms with Crippen molar-refractivity contribution < 1.29 is 4.79 Å². The van der Waals surface area contributed by atoms with Gasteiger partial charge in [0.25, 0.3) is 5.56 Å². The van der Waals surface area contributed by atoms with Crippen LogP contribution in [-0.4, -0.2) is 17.4 Å². The zero-order valence-corrected chi connectivity index (χ0v) is 17.4. The lowest BCUT2D eigenvalue weighted by Crippen LogP contribution is -2.32. The molecule has 4 nitrogen and oxygen atoms in total. The zero-order valence-electron chi connectivity index (χ0n) is 15.8. The molecule has 0 radical (unpaired) electrons. The number of nitrogens with zero attached hydrogens (tertiary/aromatic N) is 2. The van der Waals surface area contributed by atoms with Crippen molar-refractivity contribution in [3.63, 3.8) is 0 Å². The van der Waals surface area contributed by atoms with Crippen LogP contribution in [0.3, 0.4) is 0 Å². The molecule has 0 fully saturated rings. The number of thioether (sulfide) groups is 1. The predicted octanol–water partition coefficient (Wildman–Crippen LogP) is 2.65. The molecule has 0 bridgehead atoms. The van der Waals surface area contributed by atoms with E-state index in [9.17, 15) is 9.59 Å². The summed E-state index contributed by atoms with van der Waals surface area (Å²) in [5.74, 6) is 0.0374. The summed E-state index contributed by atoms with van der Waals surface area (Å²) in [7, 11) is 3.75. The fourth-order valence-electron chi connectivity index (χ4n) is 3.82. The minimum absolute atomic E-state index is 0.0374. The van der Waals surface area contributed by atoms with Gasteiger partial charge in [0.05, 0.1) is 5.69 Å². The number of carbonyl (C=O) groups is 1. The lowest BCUT2D eigenvalue weighted by molar-refractivity contribution is 0.105. The third-order valence-corrected chi connectivity index (χ3v) is 7.98.